The highest BCUT2D eigenvalue weighted by Crippen LogP contribution is 2.14. The first-order valence-corrected chi connectivity index (χ1v) is 6.63. The summed E-state index contributed by atoms with van der Waals surface area (Å²) in [6.07, 6.45) is 0.803. The molecule has 0 aliphatic heterocycles. The third-order valence-electron chi connectivity index (χ3n) is 2.99. The Labute approximate surface area is 115 Å². The summed E-state index contributed by atoms with van der Waals surface area (Å²) in [5.74, 6) is 0.691. The Morgan fingerprint density at radius 2 is 2.05 bits per heavy atom. The van der Waals surface area contributed by atoms with Gasteiger partial charge in [0.05, 0.1) is 0 Å². The normalized spacial score (nSPS) is 12.3. The number of carbonyl (C=O) groups excluding carboxylic acids is 1. The van der Waals surface area contributed by atoms with Gasteiger partial charge in [-0.2, -0.15) is 0 Å². The van der Waals surface area contributed by atoms with Gasteiger partial charge >= 0.3 is 0 Å². The van der Waals surface area contributed by atoms with Crippen molar-refractivity contribution in [1.29, 1.82) is 0 Å². The number of hydrogen-bond acceptors (Lipinski definition) is 3. The summed E-state index contributed by atoms with van der Waals surface area (Å²) in [5.41, 5.74) is 6.89. The Morgan fingerprint density at radius 1 is 1.37 bits per heavy atom. The Balaban J connectivity index is 2.56. The van der Waals surface area contributed by atoms with E-state index < -0.39 is 0 Å². The van der Waals surface area contributed by atoms with Crippen molar-refractivity contribution in [3.8, 4) is 5.75 Å². The summed E-state index contributed by atoms with van der Waals surface area (Å²) < 4.78 is 5.53. The number of carbonyl (C=O) groups is 1. The highest BCUT2D eigenvalue weighted by molar-refractivity contribution is 5.77. The fourth-order valence-corrected chi connectivity index (χ4v) is 1.67. The van der Waals surface area contributed by atoms with Crippen LogP contribution in [0.2, 0.25) is 0 Å². The van der Waals surface area contributed by atoms with Gasteiger partial charge in [0.25, 0.3) is 5.91 Å². The summed E-state index contributed by atoms with van der Waals surface area (Å²) >= 11 is 0. The third-order valence-corrected chi connectivity index (χ3v) is 2.99. The minimum atomic E-state index is -0.0207. The molecule has 1 rings (SSSR count). The predicted octanol–water partition coefficient (Wildman–Crippen LogP) is 1.82. The average Bonchev–Trinajstić information content (AvgIpc) is 2.34. The molecular weight excluding hydrogens is 240 g/mol. The molecule has 0 aliphatic carbocycles. The van der Waals surface area contributed by atoms with Crippen LogP contribution >= 0.6 is 0 Å². The second kappa shape index (κ2) is 7.14. The molecule has 1 aromatic rings. The maximum atomic E-state index is 11.8. The first-order valence-electron chi connectivity index (χ1n) is 6.63. The van der Waals surface area contributed by atoms with Crippen molar-refractivity contribution in [2.24, 2.45) is 5.73 Å². The predicted molar refractivity (Wildman–Crippen MR) is 77.2 cm³/mol. The van der Waals surface area contributed by atoms with Gasteiger partial charge in [0, 0.05) is 19.1 Å². The summed E-state index contributed by atoms with van der Waals surface area (Å²) in [6.45, 7) is 5.98. The Hall–Kier alpha value is -1.55. The molecule has 0 aromatic heterocycles. The summed E-state index contributed by atoms with van der Waals surface area (Å²) in [6, 6.07) is 8.02. The van der Waals surface area contributed by atoms with Gasteiger partial charge < -0.3 is 15.4 Å². The van der Waals surface area contributed by atoms with Crippen LogP contribution in [-0.2, 0) is 11.2 Å². The average molecular weight is 264 g/mol. The van der Waals surface area contributed by atoms with Gasteiger partial charge in [-0.05, 0) is 44.9 Å². The van der Waals surface area contributed by atoms with E-state index >= 15 is 0 Å². The first kappa shape index (κ1) is 15.5. The highest BCUT2D eigenvalue weighted by Gasteiger charge is 2.12. The van der Waals surface area contributed by atoms with Crippen LogP contribution in [0, 0.1) is 0 Å². The molecule has 0 radical (unpaired) electrons. The number of nitrogens with two attached hydrogens (primary N) is 1. The van der Waals surface area contributed by atoms with E-state index in [0.717, 1.165) is 12.0 Å². The van der Waals surface area contributed by atoms with E-state index in [-0.39, 0.29) is 24.6 Å². The van der Waals surface area contributed by atoms with Gasteiger partial charge in [0.1, 0.15) is 5.75 Å². The molecular formula is C15H24N2O2. The van der Waals surface area contributed by atoms with Gasteiger partial charge in [0.15, 0.2) is 6.61 Å². The zero-order chi connectivity index (χ0) is 14.4. The summed E-state index contributed by atoms with van der Waals surface area (Å²) in [7, 11) is 1.78. The first-order chi connectivity index (χ1) is 8.90. The maximum absolute atomic E-state index is 11.8. The monoisotopic (exact) mass is 264 g/mol. The van der Waals surface area contributed by atoms with Crippen LogP contribution in [0.1, 0.15) is 26.3 Å². The molecule has 2 N–H and O–H groups in total. The third kappa shape index (κ3) is 5.30. The molecule has 1 amide bonds. The molecule has 0 saturated heterocycles. The van der Waals surface area contributed by atoms with E-state index in [4.69, 9.17) is 10.5 Å². The number of benzene rings is 1. The van der Waals surface area contributed by atoms with Gasteiger partial charge in [0.2, 0.25) is 0 Å². The zero-order valence-corrected chi connectivity index (χ0v) is 12.2. The number of likely N-dealkylation sites (N-methyl/N-ethyl adjacent to an activating group) is 1. The van der Waals surface area contributed by atoms with Crippen molar-refractivity contribution in [3.05, 3.63) is 29.8 Å². The van der Waals surface area contributed by atoms with Crippen molar-refractivity contribution in [1.82, 2.24) is 4.90 Å². The standard InChI is InChI=1S/C15H24N2O2/c1-11(2)17(4)15(18)10-19-14-7-5-6-13(9-14)8-12(3)16/h5-7,9,11-12H,8,10,16H2,1-4H3. The molecule has 106 valence electrons. The van der Waals surface area contributed by atoms with E-state index in [1.807, 2.05) is 45.0 Å². The minimum absolute atomic E-state index is 0.0207. The molecule has 4 nitrogen and oxygen atoms in total. The molecule has 0 heterocycles. The molecule has 0 spiro atoms. The molecule has 0 saturated carbocycles. The smallest absolute Gasteiger partial charge is 0.260 e. The molecule has 1 atom stereocenters. The zero-order valence-electron chi connectivity index (χ0n) is 12.2. The fraction of sp³-hybridized carbons (Fsp3) is 0.533. The molecule has 0 aliphatic rings. The molecule has 1 unspecified atom stereocenters. The molecule has 4 heteroatoms. The van der Waals surface area contributed by atoms with E-state index in [1.54, 1.807) is 11.9 Å². The molecule has 0 bridgehead atoms. The van der Waals surface area contributed by atoms with Crippen LogP contribution < -0.4 is 10.5 Å². The summed E-state index contributed by atoms with van der Waals surface area (Å²) in [4.78, 5) is 13.5. The lowest BCUT2D eigenvalue weighted by atomic mass is 10.1. The summed E-state index contributed by atoms with van der Waals surface area (Å²) in [5, 5.41) is 0. The Morgan fingerprint density at radius 3 is 2.63 bits per heavy atom. The number of hydrogen-bond donors (Lipinski definition) is 1. The Kier molecular flexibility index (Phi) is 5.83. The van der Waals surface area contributed by atoms with Gasteiger partial charge in [-0.3, -0.25) is 4.79 Å². The number of rotatable bonds is 6. The van der Waals surface area contributed by atoms with E-state index in [0.29, 0.717) is 5.75 Å². The second-order valence-corrected chi connectivity index (χ2v) is 5.22. The lowest BCUT2D eigenvalue weighted by Gasteiger charge is -2.21. The molecule has 19 heavy (non-hydrogen) atoms. The van der Waals surface area contributed by atoms with E-state index in [9.17, 15) is 4.79 Å². The molecule has 1 aromatic carbocycles. The van der Waals surface area contributed by atoms with Crippen LogP contribution in [0.3, 0.4) is 0 Å². The highest BCUT2D eigenvalue weighted by atomic mass is 16.5. The topological polar surface area (TPSA) is 55.6 Å². The largest absolute Gasteiger partial charge is 0.484 e. The van der Waals surface area contributed by atoms with Crippen LogP contribution in [0.4, 0.5) is 0 Å². The van der Waals surface area contributed by atoms with Crippen molar-refractivity contribution in [2.75, 3.05) is 13.7 Å². The van der Waals surface area contributed by atoms with Crippen molar-refractivity contribution < 1.29 is 9.53 Å². The number of amides is 1. The quantitative estimate of drug-likeness (QED) is 0.852. The van der Waals surface area contributed by atoms with Gasteiger partial charge in [-0.25, -0.2) is 0 Å². The SMILES string of the molecule is CC(N)Cc1cccc(OCC(=O)N(C)C(C)C)c1. The van der Waals surface area contributed by atoms with Gasteiger partial charge in [-0.1, -0.05) is 12.1 Å². The molecule has 0 fully saturated rings. The van der Waals surface area contributed by atoms with Crippen LogP contribution in [0.5, 0.6) is 5.75 Å². The van der Waals surface area contributed by atoms with E-state index in [2.05, 4.69) is 0 Å². The lowest BCUT2D eigenvalue weighted by molar-refractivity contribution is -0.133. The maximum Gasteiger partial charge on any atom is 0.260 e. The van der Waals surface area contributed by atoms with Crippen LogP contribution in [0.25, 0.3) is 0 Å². The second-order valence-electron chi connectivity index (χ2n) is 5.22. The van der Waals surface area contributed by atoms with E-state index in [1.165, 1.54) is 0 Å². The lowest BCUT2D eigenvalue weighted by Crippen LogP contribution is -2.36. The van der Waals surface area contributed by atoms with Crippen molar-refractivity contribution >= 4 is 5.91 Å². The van der Waals surface area contributed by atoms with Crippen molar-refractivity contribution in [2.45, 2.75) is 39.3 Å². The van der Waals surface area contributed by atoms with Gasteiger partial charge in [-0.15, -0.1) is 0 Å². The fourth-order valence-electron chi connectivity index (χ4n) is 1.67. The van der Waals surface area contributed by atoms with Crippen LogP contribution in [-0.4, -0.2) is 36.5 Å². The van der Waals surface area contributed by atoms with Crippen molar-refractivity contribution in [3.63, 3.8) is 0 Å². The Bertz CT molecular complexity index is 416. The number of nitrogens with zero attached hydrogens (tertiary/aromatic N) is 1. The number of ether oxygens (including phenoxy) is 1. The minimum Gasteiger partial charge on any atom is -0.484 e. The van der Waals surface area contributed by atoms with Crippen LogP contribution in [0.15, 0.2) is 24.3 Å².